The molecule has 0 fully saturated rings. The van der Waals surface area contributed by atoms with Crippen molar-refractivity contribution in [2.24, 2.45) is 0 Å². The van der Waals surface area contributed by atoms with Crippen LogP contribution in [-0.4, -0.2) is 17.7 Å². The molecule has 1 aromatic rings. The maximum absolute atomic E-state index is 11.8. The number of hydrogen-bond acceptors (Lipinski definition) is 2. The number of benzene rings is 1. The summed E-state index contributed by atoms with van der Waals surface area (Å²) in [6.07, 6.45) is 1.05. The zero-order valence-corrected chi connectivity index (χ0v) is 9.91. The summed E-state index contributed by atoms with van der Waals surface area (Å²) in [6.45, 7) is 1.90. The fraction of sp³-hybridized carbons (Fsp3) is 0.333. The van der Waals surface area contributed by atoms with Gasteiger partial charge < -0.3 is 0 Å². The Kier molecular flexibility index (Phi) is 4.99. The van der Waals surface area contributed by atoms with Gasteiger partial charge in [0.05, 0.1) is 5.69 Å². The van der Waals surface area contributed by atoms with Gasteiger partial charge in [-0.15, -0.1) is 11.6 Å². The third kappa shape index (κ3) is 3.07. The fourth-order valence-corrected chi connectivity index (χ4v) is 1.51. The Morgan fingerprint density at radius 1 is 1.19 bits per heavy atom. The van der Waals surface area contributed by atoms with Crippen LogP contribution in [0.15, 0.2) is 30.3 Å². The van der Waals surface area contributed by atoms with Gasteiger partial charge in [-0.25, -0.2) is 4.90 Å². The molecular weight excluding hydrogens is 226 g/mol. The highest BCUT2D eigenvalue weighted by molar-refractivity contribution is 6.32. The van der Waals surface area contributed by atoms with Gasteiger partial charge in [-0.05, 0) is 18.6 Å². The molecule has 0 N–H and O–H groups in total. The highest BCUT2D eigenvalue weighted by atomic mass is 35.5. The normalized spacial score (nSPS) is 9.88. The third-order valence-electron chi connectivity index (χ3n) is 2.09. The number of amides is 2. The number of imide groups is 1. The molecule has 0 aliphatic heterocycles. The van der Waals surface area contributed by atoms with E-state index in [0.717, 1.165) is 4.90 Å². The van der Waals surface area contributed by atoms with Crippen LogP contribution in [0.25, 0.3) is 0 Å². The second-order valence-electron chi connectivity index (χ2n) is 3.34. The number of halogens is 1. The van der Waals surface area contributed by atoms with Crippen molar-refractivity contribution >= 4 is 29.1 Å². The molecule has 4 heteroatoms. The lowest BCUT2D eigenvalue weighted by Gasteiger charge is -2.19. The van der Waals surface area contributed by atoms with Gasteiger partial charge >= 0.3 is 0 Å². The summed E-state index contributed by atoms with van der Waals surface area (Å²) in [5.41, 5.74) is 0.576. The molecule has 0 saturated heterocycles. The van der Waals surface area contributed by atoms with Crippen LogP contribution in [0.5, 0.6) is 0 Å². The average molecular weight is 240 g/mol. The fourth-order valence-electron chi connectivity index (χ4n) is 1.39. The second kappa shape index (κ2) is 6.28. The molecular formula is C12H14ClNO2. The number of rotatable bonds is 4. The number of anilines is 1. The summed E-state index contributed by atoms with van der Waals surface area (Å²) >= 11 is 5.50. The quantitative estimate of drug-likeness (QED) is 0.758. The Hall–Kier alpha value is -1.35. The number of carbonyl (C=O) groups excluding carboxylic acids is 2. The van der Waals surface area contributed by atoms with Gasteiger partial charge in [-0.3, -0.25) is 9.59 Å². The molecule has 86 valence electrons. The zero-order chi connectivity index (χ0) is 12.0. The first-order valence-electron chi connectivity index (χ1n) is 5.17. The van der Waals surface area contributed by atoms with E-state index in [-0.39, 0.29) is 17.7 Å². The molecule has 2 amide bonds. The highest BCUT2D eigenvalue weighted by Crippen LogP contribution is 2.15. The zero-order valence-electron chi connectivity index (χ0n) is 9.15. The molecule has 0 atom stereocenters. The molecule has 0 spiro atoms. The van der Waals surface area contributed by atoms with E-state index in [0.29, 0.717) is 18.5 Å². The summed E-state index contributed by atoms with van der Waals surface area (Å²) in [4.78, 5) is 24.5. The Balaban J connectivity index is 2.97. The molecule has 0 saturated carbocycles. The topological polar surface area (TPSA) is 37.4 Å². The standard InChI is InChI=1S/C12H14ClNO2/c1-2-6-11(15)14(12(16)9-13)10-7-4-3-5-8-10/h3-5,7-8H,2,6,9H2,1H3. The second-order valence-corrected chi connectivity index (χ2v) is 3.61. The van der Waals surface area contributed by atoms with Crippen LogP contribution in [0.4, 0.5) is 5.69 Å². The monoisotopic (exact) mass is 239 g/mol. The van der Waals surface area contributed by atoms with Crippen LogP contribution in [0.3, 0.4) is 0 Å². The predicted octanol–water partition coefficient (Wildman–Crippen LogP) is 2.59. The van der Waals surface area contributed by atoms with Crippen LogP contribution < -0.4 is 4.90 Å². The van der Waals surface area contributed by atoms with Gasteiger partial charge in [-0.1, -0.05) is 25.1 Å². The molecule has 0 aliphatic carbocycles. The summed E-state index contributed by atoms with van der Waals surface area (Å²) in [6, 6.07) is 8.83. The Morgan fingerprint density at radius 3 is 2.31 bits per heavy atom. The van der Waals surface area contributed by atoms with Gasteiger partial charge in [0.2, 0.25) is 11.8 Å². The molecule has 0 unspecified atom stereocenters. The summed E-state index contributed by atoms with van der Waals surface area (Å²) in [5, 5.41) is 0. The van der Waals surface area contributed by atoms with E-state index in [1.54, 1.807) is 24.3 Å². The van der Waals surface area contributed by atoms with Crippen molar-refractivity contribution in [3.63, 3.8) is 0 Å². The van der Waals surface area contributed by atoms with Crippen molar-refractivity contribution < 1.29 is 9.59 Å². The smallest absolute Gasteiger partial charge is 0.248 e. The number of hydrogen-bond donors (Lipinski definition) is 0. The van der Waals surface area contributed by atoms with E-state index in [9.17, 15) is 9.59 Å². The number of carbonyl (C=O) groups is 2. The van der Waals surface area contributed by atoms with Crippen LogP contribution in [0.2, 0.25) is 0 Å². The maximum atomic E-state index is 11.8. The Bertz CT molecular complexity index is 365. The summed E-state index contributed by atoms with van der Waals surface area (Å²) in [7, 11) is 0. The molecule has 0 heterocycles. The molecule has 0 aromatic heterocycles. The first-order valence-corrected chi connectivity index (χ1v) is 5.71. The number of alkyl halides is 1. The minimum atomic E-state index is -0.383. The number of para-hydroxylation sites is 1. The minimum absolute atomic E-state index is 0.190. The molecule has 0 bridgehead atoms. The molecule has 0 aliphatic rings. The maximum Gasteiger partial charge on any atom is 0.248 e. The van der Waals surface area contributed by atoms with Gasteiger partial charge in [0.25, 0.3) is 0 Å². The van der Waals surface area contributed by atoms with Crippen molar-refractivity contribution in [3.8, 4) is 0 Å². The molecule has 16 heavy (non-hydrogen) atoms. The van der Waals surface area contributed by atoms with Gasteiger partial charge in [0.1, 0.15) is 5.88 Å². The van der Waals surface area contributed by atoms with Crippen molar-refractivity contribution in [3.05, 3.63) is 30.3 Å². The third-order valence-corrected chi connectivity index (χ3v) is 2.32. The number of nitrogens with zero attached hydrogens (tertiary/aromatic N) is 1. The van der Waals surface area contributed by atoms with Crippen LogP contribution >= 0.6 is 11.6 Å². The lowest BCUT2D eigenvalue weighted by molar-refractivity contribution is -0.125. The van der Waals surface area contributed by atoms with Gasteiger partial charge in [0, 0.05) is 6.42 Å². The van der Waals surface area contributed by atoms with E-state index >= 15 is 0 Å². The van der Waals surface area contributed by atoms with Gasteiger partial charge in [-0.2, -0.15) is 0 Å². The van der Waals surface area contributed by atoms with Gasteiger partial charge in [0.15, 0.2) is 0 Å². The lowest BCUT2D eigenvalue weighted by atomic mass is 10.2. The molecule has 3 nitrogen and oxygen atoms in total. The Labute approximate surface area is 100 Å². The van der Waals surface area contributed by atoms with Crippen molar-refractivity contribution in [2.45, 2.75) is 19.8 Å². The van der Waals surface area contributed by atoms with Crippen molar-refractivity contribution in [1.82, 2.24) is 0 Å². The van der Waals surface area contributed by atoms with E-state index in [1.807, 2.05) is 13.0 Å². The van der Waals surface area contributed by atoms with Crippen molar-refractivity contribution in [1.29, 1.82) is 0 Å². The first-order chi connectivity index (χ1) is 7.70. The first kappa shape index (κ1) is 12.7. The largest absolute Gasteiger partial charge is 0.274 e. The molecule has 0 radical (unpaired) electrons. The minimum Gasteiger partial charge on any atom is -0.274 e. The van der Waals surface area contributed by atoms with E-state index in [4.69, 9.17) is 11.6 Å². The lowest BCUT2D eigenvalue weighted by Crippen LogP contribution is -2.37. The van der Waals surface area contributed by atoms with Crippen LogP contribution in [0.1, 0.15) is 19.8 Å². The van der Waals surface area contributed by atoms with E-state index in [1.165, 1.54) is 0 Å². The van der Waals surface area contributed by atoms with Crippen molar-refractivity contribution in [2.75, 3.05) is 10.8 Å². The average Bonchev–Trinajstić information content (AvgIpc) is 2.31. The Morgan fingerprint density at radius 2 is 1.81 bits per heavy atom. The SMILES string of the molecule is CCCC(=O)N(C(=O)CCl)c1ccccc1. The van der Waals surface area contributed by atoms with Crippen LogP contribution in [-0.2, 0) is 9.59 Å². The van der Waals surface area contributed by atoms with Crippen LogP contribution in [0, 0.1) is 0 Å². The highest BCUT2D eigenvalue weighted by Gasteiger charge is 2.21. The molecule has 1 rings (SSSR count). The molecule has 1 aromatic carbocycles. The predicted molar refractivity (Wildman–Crippen MR) is 64.6 cm³/mol. The summed E-state index contributed by atoms with van der Waals surface area (Å²) in [5.74, 6) is -0.782. The van der Waals surface area contributed by atoms with E-state index in [2.05, 4.69) is 0 Å². The summed E-state index contributed by atoms with van der Waals surface area (Å²) < 4.78 is 0. The van der Waals surface area contributed by atoms with E-state index < -0.39 is 0 Å².